The number of halogens is 4. The second-order valence-corrected chi connectivity index (χ2v) is 6.04. The molecule has 142 valence electrons. The average Bonchev–Trinajstić information content (AvgIpc) is 3.01. The standard InChI is InChI=1S/C14H14ClF3N4O3S/c1-3-24-9-6-10(25-4-2)8(5-7(9)15)22(12(19)23)13-21-20-11(26-13)14(16,17)18/h5-6H,3-4H2,1-2H3,(H2,19,23). The van der Waals surface area contributed by atoms with Crippen LogP contribution in [0.2, 0.25) is 5.02 Å². The van der Waals surface area contributed by atoms with Crippen LogP contribution in [-0.2, 0) is 6.18 Å². The summed E-state index contributed by atoms with van der Waals surface area (Å²) in [6.45, 7) is 3.99. The van der Waals surface area contributed by atoms with Gasteiger partial charge in [-0.3, -0.25) is 0 Å². The number of carbonyl (C=O) groups excluding carboxylic acids is 1. The number of anilines is 2. The molecule has 0 aliphatic heterocycles. The van der Waals surface area contributed by atoms with Gasteiger partial charge in [0.15, 0.2) is 0 Å². The first kappa shape index (κ1) is 20.0. The first-order chi connectivity index (χ1) is 12.2. The Labute approximate surface area is 155 Å². The fourth-order valence-corrected chi connectivity index (χ4v) is 2.92. The molecule has 0 aliphatic rings. The van der Waals surface area contributed by atoms with Gasteiger partial charge in [-0.05, 0) is 19.9 Å². The van der Waals surface area contributed by atoms with E-state index in [1.54, 1.807) is 13.8 Å². The highest BCUT2D eigenvalue weighted by atomic mass is 35.5. The highest BCUT2D eigenvalue weighted by Crippen LogP contribution is 2.43. The van der Waals surface area contributed by atoms with E-state index in [2.05, 4.69) is 10.2 Å². The normalized spacial score (nSPS) is 11.3. The van der Waals surface area contributed by atoms with Crippen molar-refractivity contribution >= 4 is 39.8 Å². The molecule has 26 heavy (non-hydrogen) atoms. The summed E-state index contributed by atoms with van der Waals surface area (Å²) in [5, 5.41) is 5.01. The molecule has 0 saturated carbocycles. The van der Waals surface area contributed by atoms with Crippen molar-refractivity contribution in [3.05, 3.63) is 22.2 Å². The number of benzene rings is 1. The van der Waals surface area contributed by atoms with Crippen LogP contribution < -0.4 is 20.1 Å². The Morgan fingerprint density at radius 3 is 2.35 bits per heavy atom. The number of aromatic nitrogens is 2. The van der Waals surface area contributed by atoms with Crippen molar-refractivity contribution in [2.24, 2.45) is 5.73 Å². The minimum Gasteiger partial charge on any atom is -0.492 e. The molecule has 2 rings (SSSR count). The number of rotatable bonds is 6. The van der Waals surface area contributed by atoms with Gasteiger partial charge < -0.3 is 15.2 Å². The van der Waals surface area contributed by atoms with Crippen molar-refractivity contribution in [1.82, 2.24) is 10.2 Å². The zero-order valence-electron chi connectivity index (χ0n) is 13.6. The zero-order chi connectivity index (χ0) is 19.5. The molecule has 0 unspecified atom stereocenters. The quantitative estimate of drug-likeness (QED) is 0.769. The molecule has 0 spiro atoms. The number of primary amides is 1. The Morgan fingerprint density at radius 2 is 1.85 bits per heavy atom. The molecule has 2 N–H and O–H groups in total. The monoisotopic (exact) mass is 410 g/mol. The molecule has 2 amide bonds. The van der Waals surface area contributed by atoms with Crippen molar-refractivity contribution in [2.45, 2.75) is 20.0 Å². The number of nitrogens with zero attached hydrogens (tertiary/aromatic N) is 3. The summed E-state index contributed by atoms with van der Waals surface area (Å²) in [7, 11) is 0. The van der Waals surface area contributed by atoms with E-state index in [0.29, 0.717) is 12.4 Å². The lowest BCUT2D eigenvalue weighted by molar-refractivity contribution is -0.138. The maximum absolute atomic E-state index is 12.8. The molecule has 1 heterocycles. The van der Waals surface area contributed by atoms with Gasteiger partial charge in [-0.25, -0.2) is 9.69 Å². The van der Waals surface area contributed by atoms with E-state index in [4.69, 9.17) is 26.8 Å². The van der Waals surface area contributed by atoms with Crippen LogP contribution >= 0.6 is 22.9 Å². The summed E-state index contributed by atoms with van der Waals surface area (Å²) >= 11 is 6.29. The van der Waals surface area contributed by atoms with Gasteiger partial charge in [0.1, 0.15) is 11.5 Å². The van der Waals surface area contributed by atoms with Crippen molar-refractivity contribution in [3.8, 4) is 11.5 Å². The zero-order valence-corrected chi connectivity index (χ0v) is 15.2. The molecule has 0 aliphatic carbocycles. The van der Waals surface area contributed by atoms with Gasteiger partial charge in [-0.2, -0.15) is 13.2 Å². The van der Waals surface area contributed by atoms with Crippen LogP contribution in [0.25, 0.3) is 0 Å². The summed E-state index contributed by atoms with van der Waals surface area (Å²) in [4.78, 5) is 12.7. The van der Waals surface area contributed by atoms with Crippen LogP contribution in [0.5, 0.6) is 11.5 Å². The fourth-order valence-electron chi connectivity index (χ4n) is 1.97. The van der Waals surface area contributed by atoms with Crippen molar-refractivity contribution in [1.29, 1.82) is 0 Å². The molecule has 12 heteroatoms. The average molecular weight is 411 g/mol. The van der Waals surface area contributed by atoms with Gasteiger partial charge in [0, 0.05) is 6.07 Å². The number of alkyl halides is 3. The third-order valence-electron chi connectivity index (χ3n) is 2.92. The molecule has 2 aromatic rings. The Hall–Kier alpha value is -2.27. The molecule has 1 aromatic carbocycles. The van der Waals surface area contributed by atoms with E-state index < -0.39 is 17.2 Å². The van der Waals surface area contributed by atoms with Crippen molar-refractivity contribution < 1.29 is 27.4 Å². The molecule has 1 aromatic heterocycles. The van der Waals surface area contributed by atoms with Crippen LogP contribution in [0.1, 0.15) is 18.9 Å². The first-order valence-corrected chi connectivity index (χ1v) is 8.47. The van der Waals surface area contributed by atoms with Crippen LogP contribution in [0, 0.1) is 0 Å². The van der Waals surface area contributed by atoms with Crippen LogP contribution in [0.4, 0.5) is 28.8 Å². The van der Waals surface area contributed by atoms with Gasteiger partial charge >= 0.3 is 12.2 Å². The predicted octanol–water partition coefficient (Wildman–Crippen LogP) is 4.22. The molecule has 0 atom stereocenters. The molecule has 0 fully saturated rings. The number of hydrogen-bond donors (Lipinski definition) is 1. The highest BCUT2D eigenvalue weighted by Gasteiger charge is 2.37. The summed E-state index contributed by atoms with van der Waals surface area (Å²) in [6, 6.07) is 1.65. The SMILES string of the molecule is CCOc1cc(OCC)c(N(C(N)=O)c2nnc(C(F)(F)F)s2)cc1Cl. The largest absolute Gasteiger partial charge is 0.492 e. The Kier molecular flexibility index (Phi) is 6.13. The second kappa shape index (κ2) is 7.96. The molecule has 0 bridgehead atoms. The number of amides is 2. The first-order valence-electron chi connectivity index (χ1n) is 7.28. The van der Waals surface area contributed by atoms with E-state index in [9.17, 15) is 18.0 Å². The third kappa shape index (κ3) is 4.28. The van der Waals surface area contributed by atoms with Gasteiger partial charge in [0.2, 0.25) is 10.1 Å². The topological polar surface area (TPSA) is 90.6 Å². The number of carbonyl (C=O) groups is 1. The minimum absolute atomic E-state index is 0.0256. The van der Waals surface area contributed by atoms with E-state index in [0.717, 1.165) is 4.90 Å². The predicted molar refractivity (Wildman–Crippen MR) is 90.4 cm³/mol. The Balaban J connectivity index is 2.57. The fraction of sp³-hybridized carbons (Fsp3) is 0.357. The molecule has 0 saturated heterocycles. The number of ether oxygens (including phenoxy) is 2. The smallest absolute Gasteiger partial charge is 0.445 e. The lowest BCUT2D eigenvalue weighted by Crippen LogP contribution is -2.31. The van der Waals surface area contributed by atoms with E-state index >= 15 is 0 Å². The minimum atomic E-state index is -4.70. The Morgan fingerprint density at radius 1 is 1.23 bits per heavy atom. The van der Waals surface area contributed by atoms with Crippen molar-refractivity contribution in [2.75, 3.05) is 18.1 Å². The summed E-state index contributed by atoms with van der Waals surface area (Å²) in [6.07, 6.45) is -4.70. The van der Waals surface area contributed by atoms with E-state index in [1.807, 2.05) is 0 Å². The summed E-state index contributed by atoms with van der Waals surface area (Å²) < 4.78 is 49.1. The van der Waals surface area contributed by atoms with Crippen LogP contribution in [-0.4, -0.2) is 29.4 Å². The van der Waals surface area contributed by atoms with Crippen LogP contribution in [0.15, 0.2) is 12.1 Å². The van der Waals surface area contributed by atoms with E-state index in [-0.39, 0.29) is 39.5 Å². The molecule has 7 nitrogen and oxygen atoms in total. The number of urea groups is 1. The second-order valence-electron chi connectivity index (χ2n) is 4.68. The Bertz CT molecular complexity index is 800. The van der Waals surface area contributed by atoms with E-state index in [1.165, 1.54) is 12.1 Å². The van der Waals surface area contributed by atoms with Gasteiger partial charge in [-0.15, -0.1) is 10.2 Å². The summed E-state index contributed by atoms with van der Waals surface area (Å²) in [5.74, 6) is 0.432. The lowest BCUT2D eigenvalue weighted by Gasteiger charge is -2.21. The molecular weight excluding hydrogens is 397 g/mol. The van der Waals surface area contributed by atoms with Crippen molar-refractivity contribution in [3.63, 3.8) is 0 Å². The lowest BCUT2D eigenvalue weighted by atomic mass is 10.2. The maximum atomic E-state index is 12.8. The van der Waals surface area contributed by atoms with Gasteiger partial charge in [0.05, 0.1) is 23.9 Å². The molecule has 0 radical (unpaired) electrons. The maximum Gasteiger partial charge on any atom is 0.445 e. The third-order valence-corrected chi connectivity index (χ3v) is 4.17. The number of hydrogen-bond acceptors (Lipinski definition) is 6. The van der Waals surface area contributed by atoms with Gasteiger partial charge in [0.25, 0.3) is 0 Å². The highest BCUT2D eigenvalue weighted by molar-refractivity contribution is 7.15. The van der Waals surface area contributed by atoms with Crippen LogP contribution in [0.3, 0.4) is 0 Å². The summed E-state index contributed by atoms with van der Waals surface area (Å²) in [5.41, 5.74) is 5.37. The van der Waals surface area contributed by atoms with Gasteiger partial charge in [-0.1, -0.05) is 22.9 Å². The number of nitrogens with two attached hydrogens (primary N) is 1. The molecular formula is C14H14ClF3N4O3S.